The highest BCUT2D eigenvalue weighted by atomic mass is 16.5. The molecule has 0 amide bonds. The van der Waals surface area contributed by atoms with E-state index >= 15 is 0 Å². The minimum Gasteiger partial charge on any atom is -0.497 e. The smallest absolute Gasteiger partial charge is 0.118 e. The highest BCUT2D eigenvalue weighted by molar-refractivity contribution is 6.24. The van der Waals surface area contributed by atoms with Crippen LogP contribution in [-0.2, 0) is 10.8 Å². The lowest BCUT2D eigenvalue weighted by Gasteiger charge is -2.26. The zero-order chi connectivity index (χ0) is 37.4. The van der Waals surface area contributed by atoms with Gasteiger partial charge < -0.3 is 4.74 Å². The lowest BCUT2D eigenvalue weighted by atomic mass is 9.77. The molecule has 9 aromatic carbocycles. The van der Waals surface area contributed by atoms with Crippen LogP contribution >= 0.6 is 0 Å². The van der Waals surface area contributed by atoms with E-state index in [1.807, 2.05) is 0 Å². The minimum atomic E-state index is -0.156. The summed E-state index contributed by atoms with van der Waals surface area (Å²) in [6.07, 6.45) is 0. The van der Waals surface area contributed by atoms with Crippen LogP contribution in [0.25, 0.3) is 87.6 Å². The molecule has 0 saturated heterocycles. The number of rotatable bonds is 3. The molecule has 0 heterocycles. The molecule has 264 valence electrons. The third-order valence-electron chi connectivity index (χ3n) is 13.1. The SMILES string of the molecule is COc1ccc(-c2cc3cc4c(cc(-c5ccc(C)cc5)c5c6c(ccc54)-c4ccccc4C6(C)C)cc3c3ccc4c(c23)C(C)(C)c2ccccc2-4)cc1. The monoisotopic (exact) mass is 706 g/mol. The molecule has 0 bridgehead atoms. The maximum absolute atomic E-state index is 5.62. The molecule has 11 rings (SSSR count). The predicted molar refractivity (Wildman–Crippen MR) is 234 cm³/mol. The van der Waals surface area contributed by atoms with Crippen LogP contribution in [0.1, 0.15) is 55.5 Å². The highest BCUT2D eigenvalue weighted by Crippen LogP contribution is 2.56. The maximum atomic E-state index is 5.62. The molecule has 0 aliphatic heterocycles. The lowest BCUT2D eigenvalue weighted by molar-refractivity contribution is 0.415. The van der Waals surface area contributed by atoms with Crippen LogP contribution in [0.5, 0.6) is 5.75 Å². The van der Waals surface area contributed by atoms with Gasteiger partial charge in [-0.3, -0.25) is 0 Å². The van der Waals surface area contributed by atoms with Crippen molar-refractivity contribution in [1.29, 1.82) is 0 Å². The van der Waals surface area contributed by atoms with Crippen molar-refractivity contribution < 1.29 is 4.74 Å². The van der Waals surface area contributed by atoms with Crippen molar-refractivity contribution >= 4 is 43.1 Å². The van der Waals surface area contributed by atoms with Crippen molar-refractivity contribution in [2.45, 2.75) is 45.4 Å². The maximum Gasteiger partial charge on any atom is 0.118 e. The highest BCUT2D eigenvalue weighted by Gasteiger charge is 2.39. The van der Waals surface area contributed by atoms with Gasteiger partial charge >= 0.3 is 0 Å². The van der Waals surface area contributed by atoms with Gasteiger partial charge in [0.1, 0.15) is 5.75 Å². The van der Waals surface area contributed by atoms with Crippen LogP contribution in [0.4, 0.5) is 0 Å². The van der Waals surface area contributed by atoms with E-state index in [0.29, 0.717) is 0 Å². The Kier molecular flexibility index (Phi) is 6.56. The molecular weight excluding hydrogens is 665 g/mol. The van der Waals surface area contributed by atoms with Crippen LogP contribution in [0.15, 0.2) is 146 Å². The van der Waals surface area contributed by atoms with Crippen molar-refractivity contribution in [2.24, 2.45) is 0 Å². The van der Waals surface area contributed by atoms with Gasteiger partial charge in [0.05, 0.1) is 7.11 Å². The van der Waals surface area contributed by atoms with Gasteiger partial charge in [-0.2, -0.15) is 0 Å². The Hall–Kier alpha value is -6.18. The number of aryl methyl sites for hydroxylation is 1. The molecule has 2 aliphatic carbocycles. The fourth-order valence-electron chi connectivity index (χ4n) is 10.5. The number of fused-ring (bicyclic) bond motifs is 14. The van der Waals surface area contributed by atoms with Crippen LogP contribution < -0.4 is 4.74 Å². The molecule has 1 nitrogen and oxygen atoms in total. The number of ether oxygens (including phenoxy) is 1. The average Bonchev–Trinajstić information content (AvgIpc) is 3.59. The Morgan fingerprint density at radius 2 is 0.836 bits per heavy atom. The van der Waals surface area contributed by atoms with E-state index in [1.165, 1.54) is 115 Å². The van der Waals surface area contributed by atoms with Gasteiger partial charge in [-0.15, -0.1) is 0 Å². The molecule has 0 radical (unpaired) electrons. The van der Waals surface area contributed by atoms with Gasteiger partial charge in [-0.25, -0.2) is 0 Å². The summed E-state index contributed by atoms with van der Waals surface area (Å²) < 4.78 is 5.62. The van der Waals surface area contributed by atoms with E-state index in [2.05, 4.69) is 180 Å². The third kappa shape index (κ3) is 4.36. The van der Waals surface area contributed by atoms with Crippen molar-refractivity contribution in [3.8, 4) is 50.3 Å². The van der Waals surface area contributed by atoms with Gasteiger partial charge in [0.15, 0.2) is 0 Å². The van der Waals surface area contributed by atoms with Gasteiger partial charge in [-0.1, -0.05) is 142 Å². The minimum absolute atomic E-state index is 0.141. The summed E-state index contributed by atoms with van der Waals surface area (Å²) in [4.78, 5) is 0. The van der Waals surface area contributed by atoms with Gasteiger partial charge in [0.2, 0.25) is 0 Å². The Morgan fingerprint density at radius 3 is 1.29 bits per heavy atom. The van der Waals surface area contributed by atoms with Crippen LogP contribution in [0, 0.1) is 6.92 Å². The molecule has 9 aromatic rings. The van der Waals surface area contributed by atoms with E-state index in [0.717, 1.165) is 5.75 Å². The Morgan fingerprint density at radius 1 is 0.400 bits per heavy atom. The zero-order valence-electron chi connectivity index (χ0n) is 32.3. The van der Waals surface area contributed by atoms with Crippen molar-refractivity contribution in [1.82, 2.24) is 0 Å². The third-order valence-corrected chi connectivity index (χ3v) is 13.1. The average molecular weight is 707 g/mol. The second-order valence-corrected chi connectivity index (χ2v) is 16.9. The van der Waals surface area contributed by atoms with Crippen molar-refractivity contribution in [2.75, 3.05) is 7.11 Å². The fraction of sp³-hybridized carbons (Fsp3) is 0.148. The molecule has 0 fully saturated rings. The summed E-state index contributed by atoms with van der Waals surface area (Å²) in [5, 5.41) is 10.4. The molecule has 55 heavy (non-hydrogen) atoms. The summed E-state index contributed by atoms with van der Waals surface area (Å²) in [5.41, 5.74) is 17.0. The van der Waals surface area contributed by atoms with Gasteiger partial charge in [-0.05, 0) is 153 Å². The lowest BCUT2D eigenvalue weighted by Crippen LogP contribution is -2.16. The molecule has 0 aromatic heterocycles. The van der Waals surface area contributed by atoms with Crippen LogP contribution in [-0.4, -0.2) is 7.11 Å². The number of benzene rings is 9. The molecule has 0 atom stereocenters. The number of methoxy groups -OCH3 is 1. The molecule has 1 heteroatoms. The largest absolute Gasteiger partial charge is 0.497 e. The Labute approximate surface area is 322 Å². The number of hydrogen-bond acceptors (Lipinski definition) is 1. The number of hydrogen-bond donors (Lipinski definition) is 0. The second kappa shape index (κ2) is 11.2. The Balaban J connectivity index is 1.28. The second-order valence-electron chi connectivity index (χ2n) is 16.9. The molecular formula is C54H42O. The van der Waals surface area contributed by atoms with E-state index in [4.69, 9.17) is 4.74 Å². The normalized spacial score (nSPS) is 14.7. The predicted octanol–water partition coefficient (Wildman–Crippen LogP) is 14.6. The van der Waals surface area contributed by atoms with Gasteiger partial charge in [0, 0.05) is 10.8 Å². The van der Waals surface area contributed by atoms with Crippen molar-refractivity contribution in [3.05, 3.63) is 173 Å². The molecule has 0 unspecified atom stereocenters. The molecule has 0 N–H and O–H groups in total. The molecule has 0 spiro atoms. The van der Waals surface area contributed by atoms with Crippen LogP contribution in [0.3, 0.4) is 0 Å². The van der Waals surface area contributed by atoms with E-state index < -0.39 is 0 Å². The zero-order valence-corrected chi connectivity index (χ0v) is 32.3. The van der Waals surface area contributed by atoms with Crippen LogP contribution in [0.2, 0.25) is 0 Å². The van der Waals surface area contributed by atoms with Gasteiger partial charge in [0.25, 0.3) is 0 Å². The molecule has 2 aliphatic rings. The van der Waals surface area contributed by atoms with Crippen molar-refractivity contribution in [3.63, 3.8) is 0 Å². The summed E-state index contributed by atoms with van der Waals surface area (Å²) >= 11 is 0. The van der Waals surface area contributed by atoms with E-state index in [1.54, 1.807) is 7.11 Å². The molecule has 0 saturated carbocycles. The first-order valence-corrected chi connectivity index (χ1v) is 19.5. The Bertz CT molecular complexity index is 3100. The van der Waals surface area contributed by atoms with E-state index in [-0.39, 0.29) is 10.8 Å². The van der Waals surface area contributed by atoms with E-state index in [9.17, 15) is 0 Å². The first-order valence-electron chi connectivity index (χ1n) is 19.5. The first kappa shape index (κ1) is 32.3. The first-order chi connectivity index (χ1) is 26.6. The fourth-order valence-corrected chi connectivity index (χ4v) is 10.5. The summed E-state index contributed by atoms with van der Waals surface area (Å²) in [6.45, 7) is 11.8. The standard InChI is InChI=1S/C54H42O/c1-31-15-17-32(18-16-31)45-29-34-27-44-35(28-43(34)39-23-25-41-37-11-7-9-13-47(37)53(2,3)51(41)49(39)45)30-46(33-19-21-36(55-6)22-20-33)50-40(44)24-26-42-38-12-8-10-14-48(38)54(4,5)52(42)50/h7-30H,1-6H3. The summed E-state index contributed by atoms with van der Waals surface area (Å²) in [6, 6.07) is 55.2. The quantitative estimate of drug-likeness (QED) is 0.131. The topological polar surface area (TPSA) is 9.23 Å². The summed E-state index contributed by atoms with van der Waals surface area (Å²) in [5.74, 6) is 0.867. The summed E-state index contributed by atoms with van der Waals surface area (Å²) in [7, 11) is 1.74.